The number of aliphatic hydroxyl groups is 1. The standard InChI is InChI=1S/C15H15NO2/c17-12-8-11(9-12)16-15(18)14-7-3-5-10-4-1-2-6-13(10)14/h1-7,11-12,17H,8-9H2,(H,16,18). The molecule has 0 unspecified atom stereocenters. The Bertz CT molecular complexity index is 583. The lowest BCUT2D eigenvalue weighted by Crippen LogP contribution is -2.46. The van der Waals surface area contributed by atoms with Gasteiger partial charge in [-0.25, -0.2) is 0 Å². The third-order valence-electron chi connectivity index (χ3n) is 3.48. The van der Waals surface area contributed by atoms with Crippen molar-refractivity contribution in [2.75, 3.05) is 0 Å². The number of benzene rings is 2. The van der Waals surface area contributed by atoms with E-state index in [0.717, 1.165) is 10.8 Å². The molecule has 2 aromatic rings. The van der Waals surface area contributed by atoms with E-state index in [-0.39, 0.29) is 18.1 Å². The lowest BCUT2D eigenvalue weighted by molar-refractivity contribution is 0.0563. The molecule has 3 rings (SSSR count). The van der Waals surface area contributed by atoms with Gasteiger partial charge in [0.05, 0.1) is 6.10 Å². The Balaban J connectivity index is 1.87. The van der Waals surface area contributed by atoms with Gasteiger partial charge in [0, 0.05) is 11.6 Å². The van der Waals surface area contributed by atoms with Crippen molar-refractivity contribution in [3.8, 4) is 0 Å². The fourth-order valence-corrected chi connectivity index (χ4v) is 2.39. The summed E-state index contributed by atoms with van der Waals surface area (Å²) in [5.74, 6) is -0.0521. The zero-order chi connectivity index (χ0) is 12.5. The summed E-state index contributed by atoms with van der Waals surface area (Å²) < 4.78 is 0. The number of rotatable bonds is 2. The highest BCUT2D eigenvalue weighted by molar-refractivity contribution is 6.07. The van der Waals surface area contributed by atoms with Crippen molar-refractivity contribution in [2.24, 2.45) is 0 Å². The summed E-state index contributed by atoms with van der Waals surface area (Å²) in [5.41, 5.74) is 0.703. The maximum Gasteiger partial charge on any atom is 0.252 e. The van der Waals surface area contributed by atoms with Crippen LogP contribution in [0.1, 0.15) is 23.2 Å². The normalized spacial score (nSPS) is 22.5. The Kier molecular flexibility index (Phi) is 2.76. The zero-order valence-electron chi connectivity index (χ0n) is 9.97. The summed E-state index contributed by atoms with van der Waals surface area (Å²) in [4.78, 5) is 12.2. The molecule has 1 saturated carbocycles. The van der Waals surface area contributed by atoms with E-state index < -0.39 is 0 Å². The van der Waals surface area contributed by atoms with Crippen LogP contribution in [0.5, 0.6) is 0 Å². The minimum Gasteiger partial charge on any atom is -0.393 e. The van der Waals surface area contributed by atoms with Crippen LogP contribution in [0.2, 0.25) is 0 Å². The quantitative estimate of drug-likeness (QED) is 0.845. The molecule has 0 atom stereocenters. The van der Waals surface area contributed by atoms with Gasteiger partial charge in [0.15, 0.2) is 0 Å². The number of carbonyl (C=O) groups is 1. The minimum absolute atomic E-state index is 0.0521. The topological polar surface area (TPSA) is 49.3 Å². The van der Waals surface area contributed by atoms with Crippen LogP contribution in [0.15, 0.2) is 42.5 Å². The first kappa shape index (κ1) is 11.2. The molecule has 0 spiro atoms. The van der Waals surface area contributed by atoms with Crippen LogP contribution in [0.3, 0.4) is 0 Å². The van der Waals surface area contributed by atoms with Gasteiger partial charge in [-0.1, -0.05) is 36.4 Å². The highest BCUT2D eigenvalue weighted by Gasteiger charge is 2.28. The van der Waals surface area contributed by atoms with E-state index in [1.54, 1.807) is 0 Å². The second-order valence-electron chi connectivity index (χ2n) is 4.82. The molecule has 1 amide bonds. The van der Waals surface area contributed by atoms with Crippen molar-refractivity contribution in [2.45, 2.75) is 25.0 Å². The van der Waals surface area contributed by atoms with Gasteiger partial charge < -0.3 is 10.4 Å². The fraction of sp³-hybridized carbons (Fsp3) is 0.267. The summed E-state index contributed by atoms with van der Waals surface area (Å²) in [6.45, 7) is 0. The number of amides is 1. The molecule has 92 valence electrons. The van der Waals surface area contributed by atoms with Crippen molar-refractivity contribution in [3.05, 3.63) is 48.0 Å². The first-order valence-corrected chi connectivity index (χ1v) is 6.21. The molecular formula is C15H15NO2. The smallest absolute Gasteiger partial charge is 0.252 e. The molecule has 3 nitrogen and oxygen atoms in total. The predicted molar refractivity (Wildman–Crippen MR) is 70.4 cm³/mol. The van der Waals surface area contributed by atoms with E-state index in [2.05, 4.69) is 5.32 Å². The van der Waals surface area contributed by atoms with E-state index in [1.165, 1.54) is 0 Å². The van der Waals surface area contributed by atoms with Gasteiger partial charge in [-0.3, -0.25) is 4.79 Å². The summed E-state index contributed by atoms with van der Waals surface area (Å²) in [5, 5.41) is 14.2. The molecule has 0 radical (unpaired) electrons. The van der Waals surface area contributed by atoms with Gasteiger partial charge in [-0.05, 0) is 29.7 Å². The van der Waals surface area contributed by atoms with E-state index in [4.69, 9.17) is 0 Å². The van der Waals surface area contributed by atoms with E-state index >= 15 is 0 Å². The van der Waals surface area contributed by atoms with Crippen molar-refractivity contribution in [1.29, 1.82) is 0 Å². The molecule has 18 heavy (non-hydrogen) atoms. The van der Waals surface area contributed by atoms with Gasteiger partial charge in [0.2, 0.25) is 0 Å². The Hall–Kier alpha value is -1.87. The van der Waals surface area contributed by atoms with Crippen LogP contribution in [0.25, 0.3) is 10.8 Å². The third kappa shape index (κ3) is 1.97. The van der Waals surface area contributed by atoms with Crippen molar-refractivity contribution < 1.29 is 9.90 Å². The molecule has 1 fully saturated rings. The number of hydrogen-bond acceptors (Lipinski definition) is 2. The number of hydrogen-bond donors (Lipinski definition) is 2. The van der Waals surface area contributed by atoms with Crippen molar-refractivity contribution in [1.82, 2.24) is 5.32 Å². The minimum atomic E-state index is -0.247. The maximum atomic E-state index is 12.2. The molecule has 0 heterocycles. The summed E-state index contributed by atoms with van der Waals surface area (Å²) in [6, 6.07) is 13.7. The van der Waals surface area contributed by atoms with E-state index in [1.807, 2.05) is 42.5 Å². The first-order chi connectivity index (χ1) is 8.74. The summed E-state index contributed by atoms with van der Waals surface area (Å²) in [7, 11) is 0. The SMILES string of the molecule is O=C(NC1CC(O)C1)c1cccc2ccccc12. The first-order valence-electron chi connectivity index (χ1n) is 6.21. The van der Waals surface area contributed by atoms with Crippen LogP contribution < -0.4 is 5.32 Å². The number of carbonyl (C=O) groups excluding carboxylic acids is 1. The Morgan fingerprint density at radius 3 is 2.61 bits per heavy atom. The second-order valence-corrected chi connectivity index (χ2v) is 4.82. The average Bonchev–Trinajstić information content (AvgIpc) is 2.36. The maximum absolute atomic E-state index is 12.2. The van der Waals surface area contributed by atoms with Crippen LogP contribution in [-0.2, 0) is 0 Å². The molecule has 3 heteroatoms. The van der Waals surface area contributed by atoms with Gasteiger partial charge >= 0.3 is 0 Å². The summed E-state index contributed by atoms with van der Waals surface area (Å²) in [6.07, 6.45) is 1.08. The number of fused-ring (bicyclic) bond motifs is 1. The fourth-order valence-electron chi connectivity index (χ4n) is 2.39. The van der Waals surface area contributed by atoms with Crippen LogP contribution >= 0.6 is 0 Å². The van der Waals surface area contributed by atoms with Crippen LogP contribution in [-0.4, -0.2) is 23.2 Å². The largest absolute Gasteiger partial charge is 0.393 e. The molecule has 2 N–H and O–H groups in total. The molecule has 1 aliphatic rings. The van der Waals surface area contributed by atoms with E-state index in [0.29, 0.717) is 18.4 Å². The Morgan fingerprint density at radius 2 is 1.83 bits per heavy atom. The molecule has 0 aromatic heterocycles. The third-order valence-corrected chi connectivity index (χ3v) is 3.48. The molecule has 0 saturated heterocycles. The van der Waals surface area contributed by atoms with Crippen LogP contribution in [0, 0.1) is 0 Å². The van der Waals surface area contributed by atoms with Crippen LogP contribution in [0.4, 0.5) is 0 Å². The van der Waals surface area contributed by atoms with Crippen molar-refractivity contribution >= 4 is 16.7 Å². The van der Waals surface area contributed by atoms with Gasteiger partial charge in [-0.2, -0.15) is 0 Å². The Morgan fingerprint density at radius 1 is 1.11 bits per heavy atom. The molecular weight excluding hydrogens is 226 g/mol. The van der Waals surface area contributed by atoms with Crippen molar-refractivity contribution in [3.63, 3.8) is 0 Å². The monoisotopic (exact) mass is 241 g/mol. The molecule has 0 bridgehead atoms. The van der Waals surface area contributed by atoms with E-state index in [9.17, 15) is 9.90 Å². The van der Waals surface area contributed by atoms with Gasteiger partial charge in [0.1, 0.15) is 0 Å². The zero-order valence-corrected chi connectivity index (χ0v) is 9.97. The molecule has 2 aromatic carbocycles. The lowest BCUT2D eigenvalue weighted by Gasteiger charge is -2.32. The Labute approximate surface area is 105 Å². The van der Waals surface area contributed by atoms with Gasteiger partial charge in [0.25, 0.3) is 5.91 Å². The highest BCUT2D eigenvalue weighted by Crippen LogP contribution is 2.22. The highest BCUT2D eigenvalue weighted by atomic mass is 16.3. The molecule has 0 aliphatic heterocycles. The summed E-state index contributed by atoms with van der Waals surface area (Å²) >= 11 is 0. The lowest BCUT2D eigenvalue weighted by atomic mass is 9.89. The molecule has 1 aliphatic carbocycles. The average molecular weight is 241 g/mol. The predicted octanol–water partition coefficient (Wildman–Crippen LogP) is 2.09. The van der Waals surface area contributed by atoms with Gasteiger partial charge in [-0.15, -0.1) is 0 Å². The second kappa shape index (κ2) is 4.42. The number of nitrogens with one attached hydrogen (secondary N) is 1. The number of aliphatic hydroxyl groups excluding tert-OH is 1.